The van der Waals surface area contributed by atoms with Crippen LogP contribution in [-0.2, 0) is 4.79 Å². The number of carbonyl (C=O) groups excluding carboxylic acids is 2. The third-order valence-electron chi connectivity index (χ3n) is 6.13. The predicted octanol–water partition coefficient (Wildman–Crippen LogP) is 2.89. The second-order valence-electron chi connectivity index (χ2n) is 8.79. The molecular formula is C22H29N5O2. The van der Waals surface area contributed by atoms with E-state index in [0.29, 0.717) is 30.5 Å². The van der Waals surface area contributed by atoms with E-state index >= 15 is 0 Å². The quantitative estimate of drug-likeness (QED) is 0.608. The van der Waals surface area contributed by atoms with Crippen molar-refractivity contribution in [2.45, 2.75) is 63.3 Å². The van der Waals surface area contributed by atoms with Crippen molar-refractivity contribution < 1.29 is 9.59 Å². The topological polar surface area (TPSA) is 99.8 Å². The Morgan fingerprint density at radius 3 is 2.62 bits per heavy atom. The van der Waals surface area contributed by atoms with Gasteiger partial charge in [-0.2, -0.15) is 5.10 Å². The van der Waals surface area contributed by atoms with Gasteiger partial charge in [0.15, 0.2) is 0 Å². The van der Waals surface area contributed by atoms with Gasteiger partial charge >= 0.3 is 0 Å². The molecule has 154 valence electrons. The predicted molar refractivity (Wildman–Crippen MR) is 109 cm³/mol. The highest BCUT2D eigenvalue weighted by molar-refractivity contribution is 5.92. The van der Waals surface area contributed by atoms with E-state index in [9.17, 15) is 9.59 Å². The van der Waals surface area contributed by atoms with Crippen LogP contribution in [0.15, 0.2) is 30.6 Å². The Hall–Kier alpha value is -2.70. The largest absolute Gasteiger partial charge is 0.349 e. The summed E-state index contributed by atoms with van der Waals surface area (Å²) in [4.78, 5) is 29.3. The molecule has 2 atom stereocenters. The van der Waals surface area contributed by atoms with Crippen LogP contribution in [0.25, 0.3) is 0 Å². The standard InChI is InChI=1S/C22H29N5O2/c1-14(15-7-9-23-10-8-15)11-20(28)25-22(2,17-5-6-17)13-24-21(29)19-12-18(26-27-19)16-3-4-16/h7-10,12,14,16-17H,3-6,11,13H2,1-2H3,(H,24,29)(H,25,28)(H,26,27). The van der Waals surface area contributed by atoms with Crippen molar-refractivity contribution in [3.8, 4) is 0 Å². The first-order valence-electron chi connectivity index (χ1n) is 10.5. The molecule has 0 saturated heterocycles. The van der Waals surface area contributed by atoms with Crippen LogP contribution in [0.1, 0.15) is 79.5 Å². The van der Waals surface area contributed by atoms with Crippen LogP contribution in [-0.4, -0.2) is 39.1 Å². The monoisotopic (exact) mass is 395 g/mol. The molecule has 7 heteroatoms. The van der Waals surface area contributed by atoms with Gasteiger partial charge in [-0.1, -0.05) is 6.92 Å². The van der Waals surface area contributed by atoms with Crippen LogP contribution < -0.4 is 10.6 Å². The Morgan fingerprint density at radius 1 is 1.24 bits per heavy atom. The number of aromatic nitrogens is 3. The minimum Gasteiger partial charge on any atom is -0.349 e. The summed E-state index contributed by atoms with van der Waals surface area (Å²) < 4.78 is 0. The van der Waals surface area contributed by atoms with Gasteiger partial charge in [0.1, 0.15) is 5.69 Å². The number of aromatic amines is 1. The first-order valence-corrected chi connectivity index (χ1v) is 10.5. The number of hydrogen-bond donors (Lipinski definition) is 3. The molecule has 0 radical (unpaired) electrons. The summed E-state index contributed by atoms with van der Waals surface area (Å²) in [6.45, 7) is 4.47. The Balaban J connectivity index is 1.33. The first-order chi connectivity index (χ1) is 13.9. The molecule has 2 aromatic heterocycles. The van der Waals surface area contributed by atoms with Crippen molar-refractivity contribution in [3.05, 3.63) is 47.5 Å². The normalized spacial score (nSPS) is 19.2. The van der Waals surface area contributed by atoms with E-state index in [4.69, 9.17) is 0 Å². The van der Waals surface area contributed by atoms with E-state index in [1.807, 2.05) is 32.0 Å². The fourth-order valence-corrected chi connectivity index (χ4v) is 3.88. The van der Waals surface area contributed by atoms with Crippen molar-refractivity contribution in [2.24, 2.45) is 5.92 Å². The molecule has 7 nitrogen and oxygen atoms in total. The van der Waals surface area contributed by atoms with Gasteiger partial charge in [0.05, 0.1) is 5.54 Å². The van der Waals surface area contributed by atoms with Gasteiger partial charge in [-0.05, 0) is 68.2 Å². The van der Waals surface area contributed by atoms with Gasteiger partial charge in [0.25, 0.3) is 5.91 Å². The Kier molecular flexibility index (Phi) is 5.39. The van der Waals surface area contributed by atoms with Crippen LogP contribution in [0.5, 0.6) is 0 Å². The summed E-state index contributed by atoms with van der Waals surface area (Å²) in [5.74, 6) is 0.848. The van der Waals surface area contributed by atoms with Gasteiger partial charge < -0.3 is 10.6 Å². The molecule has 2 unspecified atom stereocenters. The lowest BCUT2D eigenvalue weighted by Gasteiger charge is -2.32. The number of nitrogens with zero attached hydrogens (tertiary/aromatic N) is 2. The van der Waals surface area contributed by atoms with Crippen LogP contribution >= 0.6 is 0 Å². The van der Waals surface area contributed by atoms with Crippen molar-refractivity contribution >= 4 is 11.8 Å². The molecule has 2 saturated carbocycles. The lowest BCUT2D eigenvalue weighted by molar-refractivity contribution is -0.123. The van der Waals surface area contributed by atoms with Gasteiger partial charge in [-0.25, -0.2) is 0 Å². The molecule has 0 aromatic carbocycles. The van der Waals surface area contributed by atoms with E-state index in [0.717, 1.165) is 36.9 Å². The first kappa shape index (κ1) is 19.6. The fourth-order valence-electron chi connectivity index (χ4n) is 3.88. The Labute approximate surface area is 171 Å². The number of H-pyrrole nitrogens is 1. The third kappa shape index (κ3) is 4.83. The zero-order valence-corrected chi connectivity index (χ0v) is 17.1. The van der Waals surface area contributed by atoms with Crippen molar-refractivity contribution in [3.63, 3.8) is 0 Å². The lowest BCUT2D eigenvalue weighted by Crippen LogP contribution is -2.55. The molecule has 29 heavy (non-hydrogen) atoms. The van der Waals surface area contributed by atoms with E-state index in [1.54, 1.807) is 12.4 Å². The summed E-state index contributed by atoms with van der Waals surface area (Å²) in [6, 6.07) is 5.73. The molecule has 3 N–H and O–H groups in total. The average molecular weight is 396 g/mol. The second-order valence-corrected chi connectivity index (χ2v) is 8.79. The van der Waals surface area contributed by atoms with Crippen molar-refractivity contribution in [1.82, 2.24) is 25.8 Å². The molecule has 0 spiro atoms. The molecular weight excluding hydrogens is 366 g/mol. The third-order valence-corrected chi connectivity index (χ3v) is 6.13. The van der Waals surface area contributed by atoms with E-state index < -0.39 is 5.54 Å². The average Bonchev–Trinajstić information content (AvgIpc) is 3.65. The van der Waals surface area contributed by atoms with Crippen LogP contribution in [0.4, 0.5) is 0 Å². The summed E-state index contributed by atoms with van der Waals surface area (Å²) in [7, 11) is 0. The summed E-state index contributed by atoms with van der Waals surface area (Å²) in [5.41, 5.74) is 2.11. The molecule has 0 aliphatic heterocycles. The molecule has 0 bridgehead atoms. The van der Waals surface area contributed by atoms with Crippen LogP contribution in [0, 0.1) is 5.92 Å². The van der Waals surface area contributed by atoms with E-state index in [1.165, 1.54) is 0 Å². The van der Waals surface area contributed by atoms with E-state index in [-0.39, 0.29) is 17.7 Å². The number of nitrogens with one attached hydrogen (secondary N) is 3. The minimum absolute atomic E-state index is 0.00810. The fraction of sp³-hybridized carbons (Fsp3) is 0.545. The number of amides is 2. The minimum atomic E-state index is -0.444. The zero-order chi connectivity index (χ0) is 20.4. The SMILES string of the molecule is CC(CC(=O)NC(C)(CNC(=O)c1cc(C2CC2)[nH]n1)C1CC1)c1ccncc1. The van der Waals surface area contributed by atoms with Gasteiger partial charge in [-0.3, -0.25) is 19.7 Å². The smallest absolute Gasteiger partial charge is 0.271 e. The highest BCUT2D eigenvalue weighted by atomic mass is 16.2. The van der Waals surface area contributed by atoms with E-state index in [2.05, 4.69) is 25.8 Å². The summed E-state index contributed by atoms with van der Waals surface area (Å²) >= 11 is 0. The van der Waals surface area contributed by atoms with Crippen LogP contribution in [0.2, 0.25) is 0 Å². The number of pyridine rings is 1. The van der Waals surface area contributed by atoms with Gasteiger partial charge in [0, 0.05) is 37.0 Å². The van der Waals surface area contributed by atoms with Gasteiger partial charge in [-0.15, -0.1) is 0 Å². The zero-order valence-electron chi connectivity index (χ0n) is 17.1. The number of carbonyl (C=O) groups is 2. The second kappa shape index (κ2) is 7.97. The maximum atomic E-state index is 12.7. The van der Waals surface area contributed by atoms with Crippen molar-refractivity contribution in [2.75, 3.05) is 6.54 Å². The van der Waals surface area contributed by atoms with Crippen LogP contribution in [0.3, 0.4) is 0 Å². The molecule has 2 amide bonds. The molecule has 2 fully saturated rings. The highest BCUT2D eigenvalue weighted by Gasteiger charge is 2.43. The van der Waals surface area contributed by atoms with Gasteiger partial charge in [0.2, 0.25) is 5.91 Å². The maximum Gasteiger partial charge on any atom is 0.271 e. The molecule has 2 aliphatic rings. The van der Waals surface area contributed by atoms with Crippen molar-refractivity contribution in [1.29, 1.82) is 0 Å². The lowest BCUT2D eigenvalue weighted by atomic mass is 9.93. The Bertz CT molecular complexity index is 872. The maximum absolute atomic E-state index is 12.7. The Morgan fingerprint density at radius 2 is 1.97 bits per heavy atom. The number of rotatable bonds is 9. The number of hydrogen-bond acceptors (Lipinski definition) is 4. The highest BCUT2D eigenvalue weighted by Crippen LogP contribution is 2.40. The summed E-state index contributed by atoms with van der Waals surface area (Å²) in [6.07, 6.45) is 8.36. The summed E-state index contributed by atoms with van der Waals surface area (Å²) in [5, 5.41) is 13.3. The molecule has 2 heterocycles. The molecule has 4 rings (SSSR count). The molecule has 2 aromatic rings. The molecule has 2 aliphatic carbocycles.